The Kier molecular flexibility index (Phi) is 4.90. The first-order valence-electron chi connectivity index (χ1n) is 8.39. The van der Waals surface area contributed by atoms with Crippen LogP contribution in [0, 0.1) is 0 Å². The molecule has 1 atom stereocenters. The number of likely N-dealkylation sites (tertiary alicyclic amines) is 1. The number of halogens is 1. The van der Waals surface area contributed by atoms with E-state index in [4.69, 9.17) is 14.9 Å². The number of primary amides is 1. The molecule has 1 unspecified atom stereocenters. The largest absolute Gasteiger partial charge is 0.449 e. The third-order valence-corrected chi connectivity index (χ3v) is 4.57. The van der Waals surface area contributed by atoms with Crippen LogP contribution in [0.5, 0.6) is 0 Å². The molecule has 1 aliphatic heterocycles. The van der Waals surface area contributed by atoms with E-state index >= 15 is 0 Å². The molecule has 2 heterocycles. The van der Waals surface area contributed by atoms with E-state index in [0.717, 1.165) is 4.47 Å². The minimum Gasteiger partial charge on any atom is -0.449 e. The number of anilines is 1. The van der Waals surface area contributed by atoms with Crippen molar-refractivity contribution in [1.82, 2.24) is 4.90 Å². The van der Waals surface area contributed by atoms with Gasteiger partial charge in [-0.2, -0.15) is 0 Å². The van der Waals surface area contributed by atoms with Crippen molar-refractivity contribution in [3.05, 3.63) is 28.4 Å². The van der Waals surface area contributed by atoms with Crippen molar-refractivity contribution in [3.63, 3.8) is 0 Å². The molecular formula is C18H20BrN3O5. The normalized spacial score (nSPS) is 16.7. The van der Waals surface area contributed by atoms with E-state index in [0.29, 0.717) is 23.9 Å². The highest BCUT2D eigenvalue weighted by molar-refractivity contribution is 9.10. The molecule has 3 N–H and O–H groups in total. The Morgan fingerprint density at radius 3 is 2.59 bits per heavy atom. The number of benzene rings is 1. The number of nitrogens with one attached hydrogen (secondary N) is 1. The zero-order valence-corrected chi connectivity index (χ0v) is 16.8. The smallest absolute Gasteiger partial charge is 0.410 e. The van der Waals surface area contributed by atoms with E-state index in [1.54, 1.807) is 39.0 Å². The zero-order valence-electron chi connectivity index (χ0n) is 15.2. The summed E-state index contributed by atoms with van der Waals surface area (Å²) in [5, 5.41) is 3.22. The molecule has 1 saturated heterocycles. The van der Waals surface area contributed by atoms with Gasteiger partial charge in [-0.1, -0.05) is 15.9 Å². The highest BCUT2D eigenvalue weighted by Gasteiger charge is 2.40. The molecule has 3 rings (SSSR count). The van der Waals surface area contributed by atoms with E-state index in [1.807, 2.05) is 0 Å². The summed E-state index contributed by atoms with van der Waals surface area (Å²) in [6, 6.07) is 4.45. The predicted molar refractivity (Wildman–Crippen MR) is 102 cm³/mol. The van der Waals surface area contributed by atoms with Crippen LogP contribution in [0.1, 0.15) is 37.7 Å². The van der Waals surface area contributed by atoms with Gasteiger partial charge in [0.05, 0.1) is 0 Å². The van der Waals surface area contributed by atoms with Gasteiger partial charge in [0.2, 0.25) is 11.7 Å². The fourth-order valence-electron chi connectivity index (χ4n) is 2.77. The molecule has 9 heteroatoms. The molecule has 0 spiro atoms. The van der Waals surface area contributed by atoms with Crippen LogP contribution in [0.15, 0.2) is 27.1 Å². The van der Waals surface area contributed by atoms with Gasteiger partial charge in [-0.05, 0) is 45.4 Å². The predicted octanol–water partition coefficient (Wildman–Crippen LogP) is 3.24. The van der Waals surface area contributed by atoms with E-state index in [9.17, 15) is 14.4 Å². The Labute approximate surface area is 164 Å². The molecule has 8 nitrogen and oxygen atoms in total. The molecule has 0 saturated carbocycles. The van der Waals surface area contributed by atoms with Gasteiger partial charge in [0.1, 0.15) is 22.9 Å². The number of ether oxygens (including phenoxy) is 1. The summed E-state index contributed by atoms with van der Waals surface area (Å²) in [5.74, 6) is -1.37. The summed E-state index contributed by atoms with van der Waals surface area (Å²) in [6.07, 6.45) is -0.0555. The molecule has 0 aliphatic carbocycles. The van der Waals surface area contributed by atoms with Crippen LogP contribution in [-0.2, 0) is 9.53 Å². The van der Waals surface area contributed by atoms with Gasteiger partial charge in [-0.3, -0.25) is 14.5 Å². The van der Waals surface area contributed by atoms with E-state index in [1.165, 1.54) is 4.90 Å². The number of nitrogens with two attached hydrogens (primary N) is 1. The molecule has 1 aromatic heterocycles. The molecule has 1 fully saturated rings. The van der Waals surface area contributed by atoms with E-state index in [2.05, 4.69) is 21.2 Å². The molecule has 1 aliphatic rings. The molecule has 27 heavy (non-hydrogen) atoms. The number of fused-ring (bicyclic) bond motifs is 1. The number of nitrogens with zero attached hydrogens (tertiary/aromatic N) is 1. The summed E-state index contributed by atoms with van der Waals surface area (Å²) in [7, 11) is 0. The average Bonchev–Trinajstić information content (AvgIpc) is 2.82. The highest BCUT2D eigenvalue weighted by atomic mass is 79.9. The first kappa shape index (κ1) is 19.2. The molecule has 0 bridgehead atoms. The van der Waals surface area contributed by atoms with Crippen molar-refractivity contribution in [2.24, 2.45) is 5.73 Å². The summed E-state index contributed by atoms with van der Waals surface area (Å²) in [5.41, 5.74) is 5.34. The van der Waals surface area contributed by atoms with E-state index in [-0.39, 0.29) is 11.4 Å². The zero-order chi connectivity index (χ0) is 19.9. The highest BCUT2D eigenvalue weighted by Crippen LogP contribution is 2.34. The maximum atomic E-state index is 12.7. The van der Waals surface area contributed by atoms with Gasteiger partial charge in [0.15, 0.2) is 0 Å². The number of amides is 3. The Balaban J connectivity index is 1.84. The van der Waals surface area contributed by atoms with Crippen molar-refractivity contribution in [1.29, 1.82) is 0 Å². The fourth-order valence-corrected chi connectivity index (χ4v) is 3.13. The topological polar surface area (TPSA) is 115 Å². The van der Waals surface area contributed by atoms with Crippen LogP contribution in [0.2, 0.25) is 0 Å². The number of carbonyl (C=O) groups excluding carboxylic acids is 3. The fraction of sp³-hybridized carbons (Fsp3) is 0.389. The molecular weight excluding hydrogens is 418 g/mol. The monoisotopic (exact) mass is 437 g/mol. The van der Waals surface area contributed by atoms with Gasteiger partial charge in [0, 0.05) is 16.4 Å². The Morgan fingerprint density at radius 1 is 1.33 bits per heavy atom. The summed E-state index contributed by atoms with van der Waals surface area (Å²) < 4.78 is 11.5. The minimum atomic E-state index is -0.796. The molecule has 1 aromatic carbocycles. The first-order valence-corrected chi connectivity index (χ1v) is 9.18. The lowest BCUT2D eigenvalue weighted by Gasteiger charge is -2.40. The SMILES string of the molecule is CC(C)(C)OC(=O)N1CCC1C(=O)Nc1c(C(N)=O)oc2ccc(Br)cc12. The molecule has 2 aromatic rings. The number of carbonyl (C=O) groups is 3. The Hall–Kier alpha value is -2.55. The van der Waals surface area contributed by atoms with Crippen molar-refractivity contribution >= 4 is 50.5 Å². The van der Waals surface area contributed by atoms with Gasteiger partial charge in [-0.15, -0.1) is 0 Å². The second-order valence-corrected chi connectivity index (χ2v) is 8.19. The number of furan rings is 1. The third-order valence-electron chi connectivity index (χ3n) is 4.07. The lowest BCUT2D eigenvalue weighted by Crippen LogP contribution is -2.57. The van der Waals surface area contributed by atoms with Crippen LogP contribution in [0.25, 0.3) is 11.0 Å². The van der Waals surface area contributed by atoms with Crippen molar-refractivity contribution in [3.8, 4) is 0 Å². The average molecular weight is 438 g/mol. The van der Waals surface area contributed by atoms with Crippen molar-refractivity contribution < 1.29 is 23.5 Å². The van der Waals surface area contributed by atoms with Gasteiger partial charge in [0.25, 0.3) is 5.91 Å². The molecule has 3 amide bonds. The number of hydrogen-bond acceptors (Lipinski definition) is 5. The quantitative estimate of drug-likeness (QED) is 0.764. The molecule has 144 valence electrons. The van der Waals surface area contributed by atoms with Crippen LogP contribution in [-0.4, -0.2) is 41.0 Å². The Bertz CT molecular complexity index is 931. The maximum absolute atomic E-state index is 12.7. The molecule has 0 radical (unpaired) electrons. The summed E-state index contributed by atoms with van der Waals surface area (Å²) in [4.78, 5) is 38.0. The van der Waals surface area contributed by atoms with Crippen molar-refractivity contribution in [2.75, 3.05) is 11.9 Å². The summed E-state index contributed by atoms with van der Waals surface area (Å²) >= 11 is 3.35. The van der Waals surface area contributed by atoms with Crippen LogP contribution in [0.4, 0.5) is 10.5 Å². The number of rotatable bonds is 3. The Morgan fingerprint density at radius 2 is 2.04 bits per heavy atom. The van der Waals surface area contributed by atoms with Crippen LogP contribution in [0.3, 0.4) is 0 Å². The van der Waals surface area contributed by atoms with Gasteiger partial charge in [-0.25, -0.2) is 4.79 Å². The van der Waals surface area contributed by atoms with Crippen LogP contribution >= 0.6 is 15.9 Å². The maximum Gasteiger partial charge on any atom is 0.410 e. The standard InChI is InChI=1S/C18H20BrN3O5/c1-18(2,3)27-17(25)22-7-6-11(22)16(24)21-13-10-8-9(19)4-5-12(10)26-14(13)15(20)23/h4-5,8,11H,6-7H2,1-3H3,(H2,20,23)(H,21,24). The van der Waals surface area contributed by atoms with E-state index < -0.39 is 29.6 Å². The second kappa shape index (κ2) is 6.88. The lowest BCUT2D eigenvalue weighted by atomic mass is 10.0. The summed E-state index contributed by atoms with van der Waals surface area (Å²) in [6.45, 7) is 5.70. The van der Waals surface area contributed by atoms with Crippen LogP contribution < -0.4 is 11.1 Å². The minimum absolute atomic E-state index is 0.139. The third kappa shape index (κ3) is 3.92. The van der Waals surface area contributed by atoms with Crippen molar-refractivity contribution in [2.45, 2.75) is 38.8 Å². The first-order chi connectivity index (χ1) is 12.6. The van der Waals surface area contributed by atoms with Gasteiger partial charge >= 0.3 is 6.09 Å². The van der Waals surface area contributed by atoms with Gasteiger partial charge < -0.3 is 20.2 Å². The second-order valence-electron chi connectivity index (χ2n) is 7.28. The number of hydrogen-bond donors (Lipinski definition) is 2. The lowest BCUT2D eigenvalue weighted by molar-refractivity contribution is -0.125.